The van der Waals surface area contributed by atoms with E-state index in [1.165, 1.54) is 19.1 Å². The molecule has 0 saturated heterocycles. The van der Waals surface area contributed by atoms with E-state index in [0.29, 0.717) is 0 Å². The number of hydrogen-bond acceptors (Lipinski definition) is 6. The molecular formula is C10H19NO5. The number of carbonyl (C=O) groups is 2. The van der Waals surface area contributed by atoms with Crippen LogP contribution in [0.3, 0.4) is 0 Å². The molecule has 0 saturated carbocycles. The Morgan fingerprint density at radius 3 is 1.75 bits per heavy atom. The third-order valence-corrected chi connectivity index (χ3v) is 1.77. The van der Waals surface area contributed by atoms with Gasteiger partial charge in [-0.15, -0.1) is 0 Å². The van der Waals surface area contributed by atoms with Crippen LogP contribution in [0.2, 0.25) is 0 Å². The number of carbonyl (C=O) groups excluding carboxylic acids is 2. The van der Waals surface area contributed by atoms with Crippen molar-refractivity contribution in [3.05, 3.63) is 0 Å². The van der Waals surface area contributed by atoms with Gasteiger partial charge in [0.15, 0.2) is 0 Å². The highest BCUT2D eigenvalue weighted by Gasteiger charge is 2.22. The van der Waals surface area contributed by atoms with Crippen molar-refractivity contribution in [1.29, 1.82) is 0 Å². The fraction of sp³-hybridized carbons (Fsp3) is 0.800. The van der Waals surface area contributed by atoms with Crippen molar-refractivity contribution in [3.63, 3.8) is 0 Å². The predicted molar refractivity (Wildman–Crippen MR) is 56.8 cm³/mol. The standard InChI is InChI=1S/C10H19NO5/c1-10(2,14)7-11(5-8(12)15-3)6-9(13)16-4/h14H,5-7H2,1-4H3. The van der Waals surface area contributed by atoms with Gasteiger partial charge in [0.25, 0.3) is 0 Å². The van der Waals surface area contributed by atoms with E-state index in [0.717, 1.165) is 0 Å². The summed E-state index contributed by atoms with van der Waals surface area (Å²) in [7, 11) is 2.53. The molecule has 0 atom stereocenters. The second kappa shape index (κ2) is 6.44. The molecular weight excluding hydrogens is 214 g/mol. The lowest BCUT2D eigenvalue weighted by Crippen LogP contribution is -2.44. The third kappa shape index (κ3) is 7.19. The lowest BCUT2D eigenvalue weighted by molar-refractivity contribution is -0.146. The number of ether oxygens (including phenoxy) is 2. The van der Waals surface area contributed by atoms with Gasteiger partial charge >= 0.3 is 11.9 Å². The van der Waals surface area contributed by atoms with Gasteiger partial charge in [0.05, 0.1) is 32.9 Å². The van der Waals surface area contributed by atoms with Crippen molar-refractivity contribution < 1.29 is 24.2 Å². The molecule has 16 heavy (non-hydrogen) atoms. The van der Waals surface area contributed by atoms with Gasteiger partial charge in [0, 0.05) is 6.54 Å². The molecule has 6 heteroatoms. The van der Waals surface area contributed by atoms with Gasteiger partial charge < -0.3 is 14.6 Å². The Kier molecular flexibility index (Phi) is 5.98. The highest BCUT2D eigenvalue weighted by atomic mass is 16.5. The first kappa shape index (κ1) is 14.9. The van der Waals surface area contributed by atoms with E-state index in [-0.39, 0.29) is 19.6 Å². The number of esters is 2. The van der Waals surface area contributed by atoms with Crippen LogP contribution in [0.4, 0.5) is 0 Å². The van der Waals surface area contributed by atoms with Crippen molar-refractivity contribution in [2.45, 2.75) is 19.4 Å². The molecule has 0 bridgehead atoms. The number of methoxy groups -OCH3 is 2. The molecule has 0 aliphatic heterocycles. The van der Waals surface area contributed by atoms with E-state index >= 15 is 0 Å². The van der Waals surface area contributed by atoms with E-state index in [9.17, 15) is 14.7 Å². The summed E-state index contributed by atoms with van der Waals surface area (Å²) in [6, 6.07) is 0. The Morgan fingerprint density at radius 1 is 1.12 bits per heavy atom. The van der Waals surface area contributed by atoms with Gasteiger partial charge in [-0.3, -0.25) is 14.5 Å². The average molecular weight is 233 g/mol. The zero-order chi connectivity index (χ0) is 12.8. The van der Waals surface area contributed by atoms with Crippen molar-refractivity contribution in [3.8, 4) is 0 Å². The average Bonchev–Trinajstić information content (AvgIpc) is 2.14. The fourth-order valence-electron chi connectivity index (χ4n) is 1.21. The molecule has 1 N–H and O–H groups in total. The molecule has 94 valence electrons. The Balaban J connectivity index is 4.38. The molecule has 0 spiro atoms. The Labute approximate surface area is 95.1 Å². The Hall–Kier alpha value is -1.14. The van der Waals surface area contributed by atoms with Crippen molar-refractivity contribution >= 4 is 11.9 Å². The van der Waals surface area contributed by atoms with Gasteiger partial charge in [0.2, 0.25) is 0 Å². The molecule has 0 aliphatic carbocycles. The second-order valence-electron chi connectivity index (χ2n) is 4.11. The normalized spacial score (nSPS) is 11.4. The molecule has 0 aliphatic rings. The summed E-state index contributed by atoms with van der Waals surface area (Å²) >= 11 is 0. The second-order valence-corrected chi connectivity index (χ2v) is 4.11. The lowest BCUT2D eigenvalue weighted by atomic mass is 10.1. The molecule has 0 unspecified atom stereocenters. The lowest BCUT2D eigenvalue weighted by Gasteiger charge is -2.26. The first-order chi connectivity index (χ1) is 7.28. The summed E-state index contributed by atoms with van der Waals surface area (Å²) in [4.78, 5) is 23.6. The largest absolute Gasteiger partial charge is 0.468 e. The molecule has 0 aromatic rings. The molecule has 6 nitrogen and oxygen atoms in total. The van der Waals surface area contributed by atoms with Gasteiger partial charge in [-0.2, -0.15) is 0 Å². The SMILES string of the molecule is COC(=O)CN(CC(=O)OC)CC(C)(C)O. The summed E-state index contributed by atoms with van der Waals surface area (Å²) in [5, 5.41) is 9.61. The zero-order valence-corrected chi connectivity index (χ0v) is 10.1. The zero-order valence-electron chi connectivity index (χ0n) is 10.1. The predicted octanol–water partition coefficient (Wildman–Crippen LogP) is -0.595. The Bertz CT molecular complexity index is 228. The minimum Gasteiger partial charge on any atom is -0.468 e. The van der Waals surface area contributed by atoms with E-state index in [1.54, 1.807) is 13.8 Å². The van der Waals surface area contributed by atoms with Crippen LogP contribution >= 0.6 is 0 Å². The fourth-order valence-corrected chi connectivity index (χ4v) is 1.21. The number of rotatable bonds is 6. The first-order valence-corrected chi connectivity index (χ1v) is 4.87. The number of nitrogens with zero attached hydrogens (tertiary/aromatic N) is 1. The van der Waals surface area contributed by atoms with Crippen LogP contribution in [0, 0.1) is 0 Å². The number of hydrogen-bond donors (Lipinski definition) is 1. The quantitative estimate of drug-likeness (QED) is 0.618. The summed E-state index contributed by atoms with van der Waals surface area (Å²) in [6.45, 7) is 3.24. The minimum absolute atomic E-state index is 0.0599. The summed E-state index contributed by atoms with van der Waals surface area (Å²) in [5.74, 6) is -0.929. The highest BCUT2D eigenvalue weighted by Crippen LogP contribution is 2.05. The number of aliphatic hydroxyl groups is 1. The molecule has 0 aromatic carbocycles. The maximum atomic E-state index is 11.1. The van der Waals surface area contributed by atoms with Crippen LogP contribution in [0.15, 0.2) is 0 Å². The van der Waals surface area contributed by atoms with Crippen LogP contribution in [-0.2, 0) is 19.1 Å². The highest BCUT2D eigenvalue weighted by molar-refractivity contribution is 5.74. The molecule has 0 amide bonds. The maximum absolute atomic E-state index is 11.1. The van der Waals surface area contributed by atoms with E-state index in [1.807, 2.05) is 0 Å². The van der Waals surface area contributed by atoms with Gasteiger partial charge in [-0.25, -0.2) is 0 Å². The summed E-state index contributed by atoms with van der Waals surface area (Å²) < 4.78 is 8.99. The topological polar surface area (TPSA) is 76.1 Å². The van der Waals surface area contributed by atoms with Crippen LogP contribution in [0.1, 0.15) is 13.8 Å². The molecule has 0 aromatic heterocycles. The van der Waals surface area contributed by atoms with E-state index in [2.05, 4.69) is 9.47 Å². The van der Waals surface area contributed by atoms with Crippen LogP contribution in [0.25, 0.3) is 0 Å². The van der Waals surface area contributed by atoms with Crippen LogP contribution in [-0.4, -0.2) is 61.4 Å². The Morgan fingerprint density at radius 2 is 1.50 bits per heavy atom. The van der Waals surface area contributed by atoms with Gasteiger partial charge in [-0.05, 0) is 13.8 Å². The van der Waals surface area contributed by atoms with Crippen LogP contribution < -0.4 is 0 Å². The molecule has 0 heterocycles. The smallest absolute Gasteiger partial charge is 0.319 e. The van der Waals surface area contributed by atoms with Crippen molar-refractivity contribution in [2.24, 2.45) is 0 Å². The molecule has 0 fully saturated rings. The first-order valence-electron chi connectivity index (χ1n) is 4.87. The van der Waals surface area contributed by atoms with E-state index < -0.39 is 17.5 Å². The monoisotopic (exact) mass is 233 g/mol. The van der Waals surface area contributed by atoms with Crippen LogP contribution in [0.5, 0.6) is 0 Å². The maximum Gasteiger partial charge on any atom is 0.319 e. The summed E-state index contributed by atoms with van der Waals surface area (Å²) in [5.41, 5.74) is -0.998. The summed E-state index contributed by atoms with van der Waals surface area (Å²) in [6.07, 6.45) is 0. The third-order valence-electron chi connectivity index (χ3n) is 1.77. The van der Waals surface area contributed by atoms with Crippen molar-refractivity contribution in [1.82, 2.24) is 4.90 Å². The molecule has 0 rings (SSSR count). The minimum atomic E-state index is -0.998. The van der Waals surface area contributed by atoms with Crippen molar-refractivity contribution in [2.75, 3.05) is 33.9 Å². The van der Waals surface area contributed by atoms with Gasteiger partial charge in [-0.1, -0.05) is 0 Å². The molecule has 0 radical (unpaired) electrons. The van der Waals surface area contributed by atoms with E-state index in [4.69, 9.17) is 0 Å². The van der Waals surface area contributed by atoms with Gasteiger partial charge in [0.1, 0.15) is 0 Å².